The summed E-state index contributed by atoms with van der Waals surface area (Å²) in [5, 5.41) is 25.3. The average molecular weight is 464 g/mol. The lowest BCUT2D eigenvalue weighted by atomic mass is 10.1. The number of nitrogens with two attached hydrogens (primary N) is 3. The molecular formula is C17H33N7O6S. The number of rotatable bonds is 15. The van der Waals surface area contributed by atoms with Gasteiger partial charge in [0.1, 0.15) is 18.1 Å². The number of hydrogen-bond donors (Lipinski definition) is 8. The first-order valence-electron chi connectivity index (χ1n) is 9.58. The molecule has 0 fully saturated rings. The highest BCUT2D eigenvalue weighted by atomic mass is 32.2. The third-order valence-electron chi connectivity index (χ3n) is 4.03. The SMILES string of the molecule is CSCCC(NC(=O)C(CCCN=C(N)N)NC(=O)C(C)N)C(=O)NC(CO)C(=O)O. The maximum absolute atomic E-state index is 12.8. The second-order valence-corrected chi connectivity index (χ2v) is 7.71. The number of aliphatic hydroxyl groups is 1. The summed E-state index contributed by atoms with van der Waals surface area (Å²) in [5.74, 6) is -2.98. The van der Waals surface area contributed by atoms with Crippen LogP contribution in [0.25, 0.3) is 0 Å². The molecule has 0 spiro atoms. The van der Waals surface area contributed by atoms with Crippen LogP contribution in [0.4, 0.5) is 0 Å². The van der Waals surface area contributed by atoms with Crippen molar-refractivity contribution < 1.29 is 29.4 Å². The molecule has 0 heterocycles. The van der Waals surface area contributed by atoms with Crippen LogP contribution in [-0.2, 0) is 19.2 Å². The van der Waals surface area contributed by atoms with E-state index in [0.29, 0.717) is 12.2 Å². The van der Waals surface area contributed by atoms with Gasteiger partial charge in [0.25, 0.3) is 0 Å². The predicted octanol–water partition coefficient (Wildman–Crippen LogP) is -3.33. The predicted molar refractivity (Wildman–Crippen MR) is 117 cm³/mol. The molecule has 178 valence electrons. The van der Waals surface area contributed by atoms with E-state index in [1.807, 2.05) is 0 Å². The van der Waals surface area contributed by atoms with Gasteiger partial charge in [-0.25, -0.2) is 4.79 Å². The van der Waals surface area contributed by atoms with Crippen LogP contribution in [0.15, 0.2) is 4.99 Å². The molecule has 0 aromatic rings. The molecule has 0 rings (SSSR count). The summed E-state index contributed by atoms with van der Waals surface area (Å²) in [5.41, 5.74) is 16.1. The Morgan fingerprint density at radius 1 is 0.968 bits per heavy atom. The van der Waals surface area contributed by atoms with Gasteiger partial charge >= 0.3 is 5.97 Å². The van der Waals surface area contributed by atoms with E-state index < -0.39 is 54.5 Å². The standard InChI is InChI=1S/C17H33N7O6S/c1-9(18)13(26)22-10(4-3-6-21-17(19)20)14(27)23-11(5-7-31-2)15(28)24-12(8-25)16(29)30/h9-12,25H,3-8,18H2,1-2H3,(H,22,26)(H,23,27)(H,24,28)(H,29,30)(H4,19,20,21). The number of carbonyl (C=O) groups excluding carboxylic acids is 3. The number of guanidine groups is 1. The van der Waals surface area contributed by atoms with Crippen LogP contribution < -0.4 is 33.2 Å². The number of hydrogen-bond acceptors (Lipinski definition) is 8. The molecule has 0 aliphatic heterocycles. The monoisotopic (exact) mass is 463 g/mol. The lowest BCUT2D eigenvalue weighted by Crippen LogP contribution is -2.57. The molecule has 0 bridgehead atoms. The van der Waals surface area contributed by atoms with Crippen LogP contribution >= 0.6 is 11.8 Å². The molecule has 0 aromatic carbocycles. The zero-order valence-electron chi connectivity index (χ0n) is 17.7. The molecule has 0 aromatic heterocycles. The van der Waals surface area contributed by atoms with Crippen molar-refractivity contribution in [3.63, 3.8) is 0 Å². The largest absolute Gasteiger partial charge is 0.480 e. The molecular weight excluding hydrogens is 430 g/mol. The van der Waals surface area contributed by atoms with Crippen molar-refractivity contribution in [3.8, 4) is 0 Å². The second-order valence-electron chi connectivity index (χ2n) is 6.72. The highest BCUT2D eigenvalue weighted by Gasteiger charge is 2.29. The Labute approximate surface area is 185 Å². The number of carboxylic acid groups (broad SMARTS) is 1. The van der Waals surface area contributed by atoms with E-state index in [2.05, 4.69) is 20.9 Å². The number of carbonyl (C=O) groups is 4. The smallest absolute Gasteiger partial charge is 0.328 e. The summed E-state index contributed by atoms with van der Waals surface area (Å²) in [4.78, 5) is 52.1. The summed E-state index contributed by atoms with van der Waals surface area (Å²) in [6, 6.07) is -4.44. The Morgan fingerprint density at radius 3 is 1.94 bits per heavy atom. The Kier molecular flexibility index (Phi) is 14.0. The van der Waals surface area contributed by atoms with Gasteiger partial charge in [-0.05, 0) is 38.2 Å². The van der Waals surface area contributed by atoms with Crippen molar-refractivity contribution in [2.45, 2.75) is 50.4 Å². The summed E-state index contributed by atoms with van der Waals surface area (Å²) in [7, 11) is 0. The van der Waals surface area contributed by atoms with E-state index in [0.717, 1.165) is 0 Å². The molecule has 11 N–H and O–H groups in total. The molecule has 0 aliphatic carbocycles. The number of aliphatic carboxylic acids is 1. The fourth-order valence-electron chi connectivity index (χ4n) is 2.31. The number of amides is 3. The fourth-order valence-corrected chi connectivity index (χ4v) is 2.78. The minimum Gasteiger partial charge on any atom is -0.480 e. The molecule has 0 radical (unpaired) electrons. The molecule has 0 aliphatic rings. The van der Waals surface area contributed by atoms with Crippen LogP contribution in [0.1, 0.15) is 26.2 Å². The van der Waals surface area contributed by atoms with Crippen LogP contribution in [0.5, 0.6) is 0 Å². The van der Waals surface area contributed by atoms with Gasteiger partial charge in [0, 0.05) is 6.54 Å². The number of aliphatic imine (C=N–C) groups is 1. The average Bonchev–Trinajstić information content (AvgIpc) is 2.70. The van der Waals surface area contributed by atoms with Gasteiger partial charge in [0.2, 0.25) is 17.7 Å². The van der Waals surface area contributed by atoms with E-state index in [1.54, 1.807) is 6.26 Å². The molecule has 13 nitrogen and oxygen atoms in total. The lowest BCUT2D eigenvalue weighted by molar-refractivity contribution is -0.143. The topological polar surface area (TPSA) is 235 Å². The summed E-state index contributed by atoms with van der Waals surface area (Å²) < 4.78 is 0. The quantitative estimate of drug-likeness (QED) is 0.0683. The number of thioether (sulfide) groups is 1. The Bertz CT molecular complexity index is 642. The van der Waals surface area contributed by atoms with Gasteiger partial charge < -0.3 is 43.4 Å². The maximum Gasteiger partial charge on any atom is 0.328 e. The first-order chi connectivity index (χ1) is 14.5. The first-order valence-corrected chi connectivity index (χ1v) is 11.0. The first kappa shape index (κ1) is 28.4. The van der Waals surface area contributed by atoms with Gasteiger partial charge in [-0.2, -0.15) is 11.8 Å². The van der Waals surface area contributed by atoms with Crippen LogP contribution in [0, 0.1) is 0 Å². The normalized spacial score (nSPS) is 14.5. The van der Waals surface area contributed by atoms with Gasteiger partial charge in [-0.1, -0.05) is 0 Å². The Hall–Kier alpha value is -2.58. The lowest BCUT2D eigenvalue weighted by Gasteiger charge is -2.24. The van der Waals surface area contributed by atoms with Crippen molar-refractivity contribution in [3.05, 3.63) is 0 Å². The molecule has 14 heteroatoms. The van der Waals surface area contributed by atoms with Gasteiger partial charge in [0.15, 0.2) is 5.96 Å². The number of nitrogens with zero attached hydrogens (tertiary/aromatic N) is 1. The zero-order valence-corrected chi connectivity index (χ0v) is 18.5. The highest BCUT2D eigenvalue weighted by Crippen LogP contribution is 2.05. The fraction of sp³-hybridized carbons (Fsp3) is 0.706. The summed E-state index contributed by atoms with van der Waals surface area (Å²) in [6.45, 7) is 0.884. The van der Waals surface area contributed by atoms with Crippen molar-refractivity contribution in [1.29, 1.82) is 0 Å². The molecule has 3 amide bonds. The molecule has 0 saturated carbocycles. The zero-order chi connectivity index (χ0) is 24.0. The van der Waals surface area contributed by atoms with Gasteiger partial charge in [0.05, 0.1) is 12.6 Å². The third kappa shape index (κ3) is 12.0. The minimum absolute atomic E-state index is 0.105. The molecule has 4 unspecified atom stereocenters. The van der Waals surface area contributed by atoms with E-state index >= 15 is 0 Å². The summed E-state index contributed by atoms with van der Waals surface area (Å²) >= 11 is 1.43. The maximum atomic E-state index is 12.8. The van der Waals surface area contributed by atoms with E-state index in [-0.39, 0.29) is 25.3 Å². The number of aliphatic hydroxyl groups excluding tert-OH is 1. The van der Waals surface area contributed by atoms with Gasteiger partial charge in [-0.15, -0.1) is 0 Å². The minimum atomic E-state index is -1.51. The Morgan fingerprint density at radius 2 is 1.48 bits per heavy atom. The summed E-state index contributed by atoms with van der Waals surface area (Å²) in [6.07, 6.45) is 2.55. The van der Waals surface area contributed by atoms with Crippen molar-refractivity contribution in [2.75, 3.05) is 25.2 Å². The van der Waals surface area contributed by atoms with Crippen LogP contribution in [0.2, 0.25) is 0 Å². The van der Waals surface area contributed by atoms with Crippen molar-refractivity contribution in [2.24, 2.45) is 22.2 Å². The number of nitrogens with one attached hydrogen (secondary N) is 3. The second kappa shape index (κ2) is 15.3. The number of carboxylic acids is 1. The molecule has 31 heavy (non-hydrogen) atoms. The van der Waals surface area contributed by atoms with Crippen LogP contribution in [0.3, 0.4) is 0 Å². The third-order valence-corrected chi connectivity index (χ3v) is 4.68. The van der Waals surface area contributed by atoms with E-state index in [9.17, 15) is 19.2 Å². The molecule has 0 saturated heterocycles. The van der Waals surface area contributed by atoms with Crippen LogP contribution in [-0.4, -0.2) is 89.2 Å². The van der Waals surface area contributed by atoms with Crippen molar-refractivity contribution in [1.82, 2.24) is 16.0 Å². The van der Waals surface area contributed by atoms with Crippen molar-refractivity contribution >= 4 is 41.4 Å². The van der Waals surface area contributed by atoms with E-state index in [4.69, 9.17) is 27.4 Å². The van der Waals surface area contributed by atoms with Gasteiger partial charge in [-0.3, -0.25) is 19.4 Å². The highest BCUT2D eigenvalue weighted by molar-refractivity contribution is 7.98. The van der Waals surface area contributed by atoms with E-state index in [1.165, 1.54) is 18.7 Å². The molecule has 4 atom stereocenters. The Balaban J connectivity index is 5.32.